The lowest BCUT2D eigenvalue weighted by Gasteiger charge is -2.21. The fourth-order valence-corrected chi connectivity index (χ4v) is 1.56. The third kappa shape index (κ3) is 4.15. The largest absolute Gasteiger partial charge is 0.383 e. The van der Waals surface area contributed by atoms with E-state index in [1.165, 1.54) is 0 Å². The molecule has 5 nitrogen and oxygen atoms in total. The second-order valence-corrected chi connectivity index (χ2v) is 3.88. The van der Waals surface area contributed by atoms with Crippen molar-refractivity contribution in [3.05, 3.63) is 29.6 Å². The van der Waals surface area contributed by atoms with Gasteiger partial charge in [0.25, 0.3) is 5.91 Å². The Morgan fingerprint density at radius 1 is 1.56 bits per heavy atom. The van der Waals surface area contributed by atoms with Crippen LogP contribution in [0.15, 0.2) is 18.3 Å². The predicted molar refractivity (Wildman–Crippen MR) is 67.0 cm³/mol. The minimum Gasteiger partial charge on any atom is -0.383 e. The van der Waals surface area contributed by atoms with Gasteiger partial charge in [0, 0.05) is 37.7 Å². The first-order valence-corrected chi connectivity index (χ1v) is 5.77. The van der Waals surface area contributed by atoms with E-state index in [1.807, 2.05) is 13.0 Å². The Kier molecular flexibility index (Phi) is 5.81. The highest BCUT2D eigenvalue weighted by Gasteiger charge is 2.15. The molecule has 0 fully saturated rings. The third-order valence-corrected chi connectivity index (χ3v) is 2.49. The number of hydrogen-bond acceptors (Lipinski definition) is 4. The highest BCUT2D eigenvalue weighted by atomic mass is 16.5. The zero-order chi connectivity index (χ0) is 13.4. The maximum atomic E-state index is 12.2. The van der Waals surface area contributed by atoms with E-state index >= 15 is 0 Å². The number of nitrogens with zero attached hydrogens (tertiary/aromatic N) is 3. The van der Waals surface area contributed by atoms with E-state index in [4.69, 9.17) is 10.00 Å². The lowest BCUT2D eigenvalue weighted by atomic mass is 10.2. The quantitative estimate of drug-likeness (QED) is 0.762. The third-order valence-electron chi connectivity index (χ3n) is 2.49. The van der Waals surface area contributed by atoms with Gasteiger partial charge >= 0.3 is 0 Å². The Labute approximate surface area is 107 Å². The zero-order valence-corrected chi connectivity index (χ0v) is 10.7. The van der Waals surface area contributed by atoms with Crippen LogP contribution in [0.1, 0.15) is 22.5 Å². The zero-order valence-electron chi connectivity index (χ0n) is 10.7. The van der Waals surface area contributed by atoms with E-state index in [0.717, 1.165) is 5.69 Å². The maximum Gasteiger partial charge on any atom is 0.254 e. The molecule has 1 amide bonds. The molecular formula is C13H17N3O2. The van der Waals surface area contributed by atoms with Gasteiger partial charge in [-0.2, -0.15) is 5.26 Å². The summed E-state index contributed by atoms with van der Waals surface area (Å²) < 4.78 is 4.97. The molecule has 0 radical (unpaired) electrons. The highest BCUT2D eigenvalue weighted by molar-refractivity contribution is 5.94. The first-order chi connectivity index (χ1) is 8.69. The van der Waals surface area contributed by atoms with Gasteiger partial charge in [0.15, 0.2) is 0 Å². The summed E-state index contributed by atoms with van der Waals surface area (Å²) in [5.74, 6) is -0.0900. The molecule has 0 atom stereocenters. The first-order valence-electron chi connectivity index (χ1n) is 5.77. The van der Waals surface area contributed by atoms with Crippen LogP contribution in [0.3, 0.4) is 0 Å². The Hall–Kier alpha value is -1.93. The molecule has 0 unspecified atom stereocenters. The van der Waals surface area contributed by atoms with Gasteiger partial charge in [-0.25, -0.2) is 0 Å². The maximum absolute atomic E-state index is 12.2. The Morgan fingerprint density at radius 3 is 2.94 bits per heavy atom. The molecule has 0 aliphatic heterocycles. The smallest absolute Gasteiger partial charge is 0.254 e. The molecule has 0 aliphatic carbocycles. The molecule has 0 saturated carbocycles. The van der Waals surface area contributed by atoms with E-state index in [-0.39, 0.29) is 5.91 Å². The van der Waals surface area contributed by atoms with E-state index < -0.39 is 0 Å². The summed E-state index contributed by atoms with van der Waals surface area (Å²) >= 11 is 0. The number of aryl methyl sites for hydroxylation is 1. The number of aromatic nitrogens is 1. The number of methoxy groups -OCH3 is 1. The van der Waals surface area contributed by atoms with E-state index in [9.17, 15) is 4.79 Å². The molecule has 1 aromatic heterocycles. The van der Waals surface area contributed by atoms with E-state index in [1.54, 1.807) is 30.3 Å². The second-order valence-electron chi connectivity index (χ2n) is 3.88. The van der Waals surface area contributed by atoms with Gasteiger partial charge in [-0.05, 0) is 19.1 Å². The summed E-state index contributed by atoms with van der Waals surface area (Å²) in [7, 11) is 1.59. The fraction of sp³-hybridized carbons (Fsp3) is 0.462. The summed E-state index contributed by atoms with van der Waals surface area (Å²) in [6.07, 6.45) is 1.93. The SMILES string of the molecule is COCCN(CCC#N)C(=O)c1ccnc(C)c1. The predicted octanol–water partition coefficient (Wildman–Crippen LogP) is 1.39. The number of hydrogen-bond donors (Lipinski definition) is 0. The molecule has 0 aliphatic rings. The van der Waals surface area contributed by atoms with Gasteiger partial charge in [0.05, 0.1) is 19.1 Å². The summed E-state index contributed by atoms with van der Waals surface area (Å²) in [5.41, 5.74) is 1.39. The number of carbonyl (C=O) groups is 1. The Morgan fingerprint density at radius 2 is 2.33 bits per heavy atom. The van der Waals surface area contributed by atoms with Gasteiger partial charge in [0.2, 0.25) is 0 Å². The summed E-state index contributed by atoms with van der Waals surface area (Å²) in [4.78, 5) is 17.9. The molecule has 18 heavy (non-hydrogen) atoms. The molecule has 5 heteroatoms. The lowest BCUT2D eigenvalue weighted by molar-refractivity contribution is 0.0699. The van der Waals surface area contributed by atoms with Crippen molar-refractivity contribution in [1.82, 2.24) is 9.88 Å². The van der Waals surface area contributed by atoms with Gasteiger partial charge in [-0.1, -0.05) is 0 Å². The van der Waals surface area contributed by atoms with Crippen LogP contribution in [0.25, 0.3) is 0 Å². The summed E-state index contributed by atoms with van der Waals surface area (Å²) in [6.45, 7) is 3.20. The number of ether oxygens (including phenoxy) is 1. The number of carbonyl (C=O) groups excluding carboxylic acids is 1. The highest BCUT2D eigenvalue weighted by Crippen LogP contribution is 2.06. The summed E-state index contributed by atoms with van der Waals surface area (Å²) in [6, 6.07) is 5.47. The average molecular weight is 247 g/mol. The molecule has 0 N–H and O–H groups in total. The van der Waals surface area contributed by atoms with Crippen molar-refractivity contribution in [2.24, 2.45) is 0 Å². The van der Waals surface area contributed by atoms with E-state index in [0.29, 0.717) is 31.7 Å². The Balaban J connectivity index is 2.77. The minimum atomic E-state index is -0.0900. The number of amides is 1. The van der Waals surface area contributed by atoms with Crippen LogP contribution in [0.5, 0.6) is 0 Å². The van der Waals surface area contributed by atoms with Crippen molar-refractivity contribution in [2.45, 2.75) is 13.3 Å². The molecule has 1 aromatic rings. The van der Waals surface area contributed by atoms with Gasteiger partial charge in [-0.3, -0.25) is 9.78 Å². The molecule has 0 aromatic carbocycles. The molecule has 1 heterocycles. The summed E-state index contributed by atoms with van der Waals surface area (Å²) in [5, 5.41) is 8.61. The monoisotopic (exact) mass is 247 g/mol. The van der Waals surface area contributed by atoms with Gasteiger partial charge < -0.3 is 9.64 Å². The topological polar surface area (TPSA) is 66.2 Å². The molecular weight excluding hydrogens is 230 g/mol. The van der Waals surface area contributed by atoms with Crippen molar-refractivity contribution < 1.29 is 9.53 Å². The van der Waals surface area contributed by atoms with Crippen LogP contribution in [-0.4, -0.2) is 42.6 Å². The average Bonchev–Trinajstić information content (AvgIpc) is 2.38. The van der Waals surface area contributed by atoms with Crippen LogP contribution >= 0.6 is 0 Å². The van der Waals surface area contributed by atoms with E-state index in [2.05, 4.69) is 4.98 Å². The van der Waals surface area contributed by atoms with Crippen molar-refractivity contribution in [3.8, 4) is 6.07 Å². The van der Waals surface area contributed by atoms with Crippen molar-refractivity contribution in [3.63, 3.8) is 0 Å². The van der Waals surface area contributed by atoms with Gasteiger partial charge in [-0.15, -0.1) is 0 Å². The van der Waals surface area contributed by atoms with Crippen LogP contribution in [0, 0.1) is 18.3 Å². The molecule has 1 rings (SSSR count). The molecule has 96 valence electrons. The fourth-order valence-electron chi connectivity index (χ4n) is 1.56. The number of pyridine rings is 1. The van der Waals surface area contributed by atoms with Crippen LogP contribution in [0.4, 0.5) is 0 Å². The molecule has 0 bridgehead atoms. The molecule has 0 saturated heterocycles. The number of nitriles is 1. The van der Waals surface area contributed by atoms with Crippen LogP contribution < -0.4 is 0 Å². The van der Waals surface area contributed by atoms with Crippen molar-refractivity contribution in [1.29, 1.82) is 5.26 Å². The van der Waals surface area contributed by atoms with Crippen molar-refractivity contribution >= 4 is 5.91 Å². The normalized spacial score (nSPS) is 9.83. The van der Waals surface area contributed by atoms with Gasteiger partial charge in [0.1, 0.15) is 0 Å². The van der Waals surface area contributed by atoms with Crippen LogP contribution in [0.2, 0.25) is 0 Å². The minimum absolute atomic E-state index is 0.0900. The standard InChI is InChI=1S/C13H17N3O2/c1-11-10-12(4-6-15-11)13(17)16(7-3-5-14)8-9-18-2/h4,6,10H,3,7-9H2,1-2H3. The first kappa shape index (κ1) is 14.1. The molecule has 0 spiro atoms. The Bertz CT molecular complexity index is 440. The lowest BCUT2D eigenvalue weighted by Crippen LogP contribution is -2.34. The van der Waals surface area contributed by atoms with Crippen LogP contribution in [-0.2, 0) is 4.74 Å². The van der Waals surface area contributed by atoms with Crippen molar-refractivity contribution in [2.75, 3.05) is 26.8 Å². The number of rotatable bonds is 6. The second kappa shape index (κ2) is 7.41.